The molecule has 0 atom stereocenters. The van der Waals surface area contributed by atoms with Crippen molar-refractivity contribution in [2.75, 3.05) is 57.1 Å². The molecule has 3 rings (SSSR count). The van der Waals surface area contributed by atoms with E-state index in [0.717, 1.165) is 48.9 Å². The Balaban J connectivity index is 1.54. The summed E-state index contributed by atoms with van der Waals surface area (Å²) in [5.41, 5.74) is 4.82. The number of ether oxygens (including phenoxy) is 1. The molecular weight excluding hydrogens is 364 g/mol. The van der Waals surface area contributed by atoms with Gasteiger partial charge in [0.2, 0.25) is 5.91 Å². The summed E-state index contributed by atoms with van der Waals surface area (Å²) >= 11 is 0. The zero-order chi connectivity index (χ0) is 20.8. The van der Waals surface area contributed by atoms with Crippen molar-refractivity contribution in [1.29, 1.82) is 0 Å². The smallest absolute Gasteiger partial charge is 0.238 e. The molecule has 154 valence electrons. The summed E-state index contributed by atoms with van der Waals surface area (Å²) in [7, 11) is 3.43. The van der Waals surface area contributed by atoms with Crippen molar-refractivity contribution in [3.05, 3.63) is 60.2 Å². The van der Waals surface area contributed by atoms with Crippen LogP contribution in [0.15, 0.2) is 49.0 Å². The van der Waals surface area contributed by atoms with Gasteiger partial charge in [0.1, 0.15) is 5.75 Å². The summed E-state index contributed by atoms with van der Waals surface area (Å²) < 4.78 is 5.38. The molecule has 0 spiro atoms. The highest BCUT2D eigenvalue weighted by Crippen LogP contribution is 2.27. The minimum absolute atomic E-state index is 0.0139. The number of nitrogens with one attached hydrogen (secondary N) is 2. The minimum Gasteiger partial charge on any atom is -0.496 e. The lowest BCUT2D eigenvalue weighted by atomic mass is 10.1. The van der Waals surface area contributed by atoms with E-state index in [1.807, 2.05) is 25.2 Å². The van der Waals surface area contributed by atoms with Crippen LogP contribution in [-0.4, -0.2) is 57.7 Å². The number of anilines is 2. The van der Waals surface area contributed by atoms with Gasteiger partial charge in [0.05, 0.1) is 13.7 Å². The van der Waals surface area contributed by atoms with Crippen molar-refractivity contribution in [1.82, 2.24) is 10.2 Å². The number of carbonyl (C=O) groups is 1. The molecule has 1 amide bonds. The number of amides is 1. The lowest BCUT2D eigenvalue weighted by Crippen LogP contribution is -2.48. The standard InChI is InChI=1S/C23H30N4O2/c1-17-5-8-20(9-6-17)27-13-11-26(12-14-27)16-23(28)25-19-7-10-22(29-4)21(15-19)18(2)24-3/h5-10,15,24H,2,11-14,16H2,1,3-4H3,(H,25,28). The van der Waals surface area contributed by atoms with Crippen LogP contribution < -0.4 is 20.3 Å². The number of aryl methyl sites for hydroxylation is 1. The van der Waals surface area contributed by atoms with E-state index in [2.05, 4.69) is 58.2 Å². The molecule has 0 unspecified atom stereocenters. The number of hydrogen-bond acceptors (Lipinski definition) is 5. The van der Waals surface area contributed by atoms with Crippen molar-refractivity contribution in [3.8, 4) is 5.75 Å². The fourth-order valence-electron chi connectivity index (χ4n) is 3.48. The third-order valence-electron chi connectivity index (χ3n) is 5.25. The van der Waals surface area contributed by atoms with E-state index >= 15 is 0 Å². The highest BCUT2D eigenvalue weighted by atomic mass is 16.5. The maximum absolute atomic E-state index is 12.5. The maximum Gasteiger partial charge on any atom is 0.238 e. The summed E-state index contributed by atoms with van der Waals surface area (Å²) in [6, 6.07) is 14.2. The SMILES string of the molecule is C=C(NC)c1cc(NC(=O)CN2CCN(c3ccc(C)cc3)CC2)ccc1OC. The van der Waals surface area contributed by atoms with Crippen molar-refractivity contribution < 1.29 is 9.53 Å². The van der Waals surface area contributed by atoms with Gasteiger partial charge in [0.15, 0.2) is 0 Å². The molecule has 1 aliphatic heterocycles. The van der Waals surface area contributed by atoms with Crippen LogP contribution in [0.25, 0.3) is 5.70 Å². The Morgan fingerprint density at radius 2 is 1.79 bits per heavy atom. The summed E-state index contributed by atoms with van der Waals surface area (Å²) in [5, 5.41) is 6.01. The molecule has 0 radical (unpaired) electrons. The predicted molar refractivity (Wildman–Crippen MR) is 120 cm³/mol. The summed E-state index contributed by atoms with van der Waals surface area (Å²) in [5.74, 6) is 0.703. The number of rotatable bonds is 7. The number of benzene rings is 2. The van der Waals surface area contributed by atoms with Gasteiger partial charge in [-0.2, -0.15) is 0 Å². The fourth-order valence-corrected chi connectivity index (χ4v) is 3.48. The van der Waals surface area contributed by atoms with E-state index in [9.17, 15) is 4.79 Å². The van der Waals surface area contributed by atoms with Crippen molar-refractivity contribution in [2.24, 2.45) is 0 Å². The average molecular weight is 395 g/mol. The summed E-state index contributed by atoms with van der Waals surface area (Å²) in [6.45, 7) is 10.0. The van der Waals surface area contributed by atoms with Gasteiger partial charge in [-0.1, -0.05) is 24.3 Å². The van der Waals surface area contributed by atoms with Crippen molar-refractivity contribution in [3.63, 3.8) is 0 Å². The average Bonchev–Trinajstić information content (AvgIpc) is 2.74. The number of carbonyl (C=O) groups excluding carboxylic acids is 1. The first-order valence-corrected chi connectivity index (χ1v) is 9.89. The Kier molecular flexibility index (Phi) is 6.77. The largest absolute Gasteiger partial charge is 0.496 e. The van der Waals surface area contributed by atoms with E-state index in [4.69, 9.17) is 4.74 Å². The Morgan fingerprint density at radius 1 is 1.10 bits per heavy atom. The van der Waals surface area contributed by atoms with Gasteiger partial charge < -0.3 is 20.3 Å². The topological polar surface area (TPSA) is 56.8 Å². The highest BCUT2D eigenvalue weighted by molar-refractivity contribution is 5.93. The molecule has 1 fully saturated rings. The monoisotopic (exact) mass is 394 g/mol. The zero-order valence-electron chi connectivity index (χ0n) is 17.5. The van der Waals surface area contributed by atoms with Crippen LogP contribution in [0.2, 0.25) is 0 Å². The molecule has 1 aliphatic rings. The number of nitrogens with zero attached hydrogens (tertiary/aromatic N) is 2. The number of piperazine rings is 1. The molecule has 1 saturated heterocycles. The third kappa shape index (κ3) is 5.29. The van der Waals surface area contributed by atoms with E-state index in [1.165, 1.54) is 11.3 Å². The second-order valence-electron chi connectivity index (χ2n) is 7.29. The normalized spacial score (nSPS) is 14.4. The molecule has 6 heteroatoms. The molecule has 6 nitrogen and oxygen atoms in total. The molecule has 0 aliphatic carbocycles. The molecule has 2 N–H and O–H groups in total. The van der Waals surface area contributed by atoms with E-state index in [-0.39, 0.29) is 5.91 Å². The van der Waals surface area contributed by atoms with Crippen molar-refractivity contribution in [2.45, 2.75) is 6.92 Å². The molecule has 1 heterocycles. The quantitative estimate of drug-likeness (QED) is 0.756. The van der Waals surface area contributed by atoms with Gasteiger partial charge in [-0.3, -0.25) is 9.69 Å². The second-order valence-corrected chi connectivity index (χ2v) is 7.29. The van der Waals surface area contributed by atoms with Crippen LogP contribution in [0.5, 0.6) is 5.75 Å². The Labute approximate surface area is 173 Å². The van der Waals surface area contributed by atoms with Gasteiger partial charge >= 0.3 is 0 Å². The lowest BCUT2D eigenvalue weighted by Gasteiger charge is -2.35. The molecule has 2 aromatic rings. The summed E-state index contributed by atoms with van der Waals surface area (Å²) in [6.07, 6.45) is 0. The third-order valence-corrected chi connectivity index (χ3v) is 5.25. The molecule has 0 bridgehead atoms. The fraction of sp³-hybridized carbons (Fsp3) is 0.348. The van der Waals surface area contributed by atoms with Crippen LogP contribution in [-0.2, 0) is 4.79 Å². The Bertz CT molecular complexity index is 856. The van der Waals surface area contributed by atoms with Crippen LogP contribution in [0, 0.1) is 6.92 Å². The van der Waals surface area contributed by atoms with E-state index in [1.54, 1.807) is 7.11 Å². The molecular formula is C23H30N4O2. The van der Waals surface area contributed by atoms with Crippen LogP contribution in [0.4, 0.5) is 11.4 Å². The number of hydrogen-bond donors (Lipinski definition) is 2. The molecule has 29 heavy (non-hydrogen) atoms. The zero-order valence-corrected chi connectivity index (χ0v) is 17.5. The second kappa shape index (κ2) is 9.47. The maximum atomic E-state index is 12.5. The Hall–Kier alpha value is -2.99. The van der Waals surface area contributed by atoms with Gasteiger partial charge in [0.25, 0.3) is 0 Å². The predicted octanol–water partition coefficient (Wildman–Crippen LogP) is 2.95. The van der Waals surface area contributed by atoms with E-state index in [0.29, 0.717) is 6.54 Å². The van der Waals surface area contributed by atoms with Crippen LogP contribution in [0.3, 0.4) is 0 Å². The van der Waals surface area contributed by atoms with Gasteiger partial charge in [-0.05, 0) is 37.3 Å². The van der Waals surface area contributed by atoms with Gasteiger partial charge in [-0.25, -0.2) is 0 Å². The number of methoxy groups -OCH3 is 1. The van der Waals surface area contributed by atoms with Gasteiger partial charge in [0, 0.05) is 55.9 Å². The highest BCUT2D eigenvalue weighted by Gasteiger charge is 2.19. The molecule has 0 aromatic heterocycles. The van der Waals surface area contributed by atoms with Crippen LogP contribution >= 0.6 is 0 Å². The first-order valence-electron chi connectivity index (χ1n) is 9.89. The summed E-state index contributed by atoms with van der Waals surface area (Å²) in [4.78, 5) is 17.1. The molecule has 2 aromatic carbocycles. The minimum atomic E-state index is -0.0139. The Morgan fingerprint density at radius 3 is 2.41 bits per heavy atom. The lowest BCUT2D eigenvalue weighted by molar-refractivity contribution is -0.117. The molecule has 0 saturated carbocycles. The van der Waals surface area contributed by atoms with Gasteiger partial charge in [-0.15, -0.1) is 0 Å². The van der Waals surface area contributed by atoms with Crippen molar-refractivity contribution >= 4 is 23.0 Å². The van der Waals surface area contributed by atoms with Crippen LogP contribution in [0.1, 0.15) is 11.1 Å². The first kappa shape index (κ1) is 20.7. The van der Waals surface area contributed by atoms with E-state index < -0.39 is 0 Å². The first-order chi connectivity index (χ1) is 14.0.